The quantitative estimate of drug-likeness (QED) is 0.359. The molecule has 32 valence electrons. The molecule has 0 aliphatic rings. The van der Waals surface area contributed by atoms with E-state index in [1.165, 1.54) is 0 Å². The van der Waals surface area contributed by atoms with Crippen LogP contribution in [0.4, 0.5) is 0 Å². The van der Waals surface area contributed by atoms with Gasteiger partial charge in [-0.1, -0.05) is 0 Å². The van der Waals surface area contributed by atoms with E-state index in [1.54, 1.807) is 0 Å². The van der Waals surface area contributed by atoms with Crippen LogP contribution in [0.25, 0.3) is 0 Å². The maximum atomic E-state index is 7.00. The Morgan fingerprint density at radius 2 is 0.800 bits per heavy atom. The van der Waals surface area contributed by atoms with Gasteiger partial charge < -0.3 is 37.2 Å². The van der Waals surface area contributed by atoms with E-state index in [1.807, 2.05) is 0 Å². The van der Waals surface area contributed by atoms with Gasteiger partial charge in [-0.3, -0.25) is 0 Å². The first-order chi connectivity index (χ1) is 1.00. The summed E-state index contributed by atoms with van der Waals surface area (Å²) in [5, 5.41) is 0. The summed E-state index contributed by atoms with van der Waals surface area (Å²) in [4.78, 5) is 0. The van der Waals surface area contributed by atoms with Crippen molar-refractivity contribution in [3.05, 3.63) is 0 Å². The van der Waals surface area contributed by atoms with Crippen molar-refractivity contribution in [3.8, 4) is 0 Å². The third-order valence-corrected chi connectivity index (χ3v) is 0. The topological polar surface area (TPSA) is 20.2 Å². The molecule has 0 aliphatic heterocycles. The van der Waals surface area contributed by atoms with Crippen LogP contribution in [-0.2, 0) is 20.8 Å². The van der Waals surface area contributed by atoms with Crippen LogP contribution in [0.3, 0.4) is 0 Å². The molecule has 0 aromatic rings. The fourth-order valence-electron chi connectivity index (χ4n) is 0. The average molecular weight is 171 g/mol. The van der Waals surface area contributed by atoms with Gasteiger partial charge in [0.2, 0.25) is 0 Å². The second-order valence-electron chi connectivity index (χ2n) is 0. The van der Waals surface area contributed by atoms with Crippen molar-refractivity contribution in [2.75, 3.05) is 0 Å². The molecule has 1 N–H and O–H groups in total. The minimum absolute atomic E-state index is 0. The third kappa shape index (κ3) is 29.2. The maximum absolute atomic E-state index is 7.00. The number of hydrogen-bond acceptors (Lipinski definition) is 1. The molecule has 0 heterocycles. The van der Waals surface area contributed by atoms with E-state index in [-0.39, 0.29) is 37.2 Å². The van der Waals surface area contributed by atoms with Crippen LogP contribution in [0.15, 0.2) is 0 Å². The van der Waals surface area contributed by atoms with Crippen LogP contribution in [0.5, 0.6) is 0 Å². The van der Waals surface area contributed by atoms with Gasteiger partial charge in [0.25, 0.3) is 0 Å². The first-order valence-corrected chi connectivity index (χ1v) is 0.922. The van der Waals surface area contributed by atoms with Crippen molar-refractivity contribution in [2.45, 2.75) is 0 Å². The van der Waals surface area contributed by atoms with Gasteiger partial charge in [-0.2, -0.15) is 0 Å². The molecule has 0 spiro atoms. The fraction of sp³-hybridized carbons (Fsp3) is 0. The summed E-state index contributed by atoms with van der Waals surface area (Å²) < 4.78 is 7.00. The summed E-state index contributed by atoms with van der Waals surface area (Å²) in [5.41, 5.74) is 0. The Labute approximate surface area is 61.6 Å². The van der Waals surface area contributed by atoms with Crippen LogP contribution >= 0.6 is 0 Å². The summed E-state index contributed by atoms with van der Waals surface area (Å²) in [5.74, 6) is 0. The zero-order valence-electron chi connectivity index (χ0n) is 2.08. The van der Waals surface area contributed by atoms with Gasteiger partial charge in [-0.05, 0) is 0 Å². The van der Waals surface area contributed by atoms with E-state index < -0.39 is 0 Å². The molecule has 0 atom stereocenters. The predicted molar refractivity (Wildman–Crippen MR) is 2.22 cm³/mol. The number of hydrogen-bond donors (Lipinski definition) is 1. The van der Waals surface area contributed by atoms with Gasteiger partial charge in [-0.25, -0.2) is 0 Å². The summed E-state index contributed by atoms with van der Waals surface area (Å²) in [6.45, 7) is 0. The number of rotatable bonds is 0. The second-order valence-corrected chi connectivity index (χ2v) is 0. The SMILES string of the molecule is [Cl-].[Cl-].[Cl-].[OH][Ti+3]. The van der Waals surface area contributed by atoms with Crippen LogP contribution in [-0.4, -0.2) is 3.69 Å². The van der Waals surface area contributed by atoms with Crippen molar-refractivity contribution in [1.29, 1.82) is 0 Å². The van der Waals surface area contributed by atoms with Crippen LogP contribution in [0, 0.1) is 0 Å². The van der Waals surface area contributed by atoms with Crippen molar-refractivity contribution in [3.63, 3.8) is 0 Å². The molecular weight excluding hydrogens is 170 g/mol. The van der Waals surface area contributed by atoms with E-state index in [0.29, 0.717) is 0 Å². The zero-order valence-corrected chi connectivity index (χ0v) is 5.91. The number of halogens is 3. The van der Waals surface area contributed by atoms with Crippen LogP contribution in [0.2, 0.25) is 0 Å². The summed E-state index contributed by atoms with van der Waals surface area (Å²) in [7, 11) is 0. The molecule has 0 aliphatic carbocycles. The first-order valence-electron chi connectivity index (χ1n) is 0.224. The van der Waals surface area contributed by atoms with E-state index in [4.69, 9.17) is 3.69 Å². The van der Waals surface area contributed by atoms with Gasteiger partial charge in [0.05, 0.1) is 0 Å². The summed E-state index contributed by atoms with van der Waals surface area (Å²) >= 11 is 1.00. The molecule has 0 amide bonds. The van der Waals surface area contributed by atoms with Crippen LogP contribution < -0.4 is 37.2 Å². The Morgan fingerprint density at radius 1 is 0.800 bits per heavy atom. The molecule has 0 saturated heterocycles. The summed E-state index contributed by atoms with van der Waals surface area (Å²) in [6, 6.07) is 0. The molecule has 0 fully saturated rings. The monoisotopic (exact) mass is 170 g/mol. The van der Waals surface area contributed by atoms with E-state index in [9.17, 15) is 0 Å². The van der Waals surface area contributed by atoms with Gasteiger partial charge >= 0.3 is 24.5 Å². The minimum atomic E-state index is 0. The second kappa shape index (κ2) is 48.0. The fourth-order valence-corrected chi connectivity index (χ4v) is 0. The molecule has 5 heteroatoms. The van der Waals surface area contributed by atoms with Gasteiger partial charge in [0.15, 0.2) is 0 Å². The van der Waals surface area contributed by atoms with Gasteiger partial charge in [0, 0.05) is 0 Å². The van der Waals surface area contributed by atoms with Crippen molar-refractivity contribution in [1.82, 2.24) is 0 Å². The Hall–Kier alpha value is 1.54. The van der Waals surface area contributed by atoms with Crippen molar-refractivity contribution >= 4 is 0 Å². The Bertz CT molecular complexity index is 6.85. The molecule has 5 heavy (non-hydrogen) atoms. The van der Waals surface area contributed by atoms with E-state index in [2.05, 4.69) is 0 Å². The van der Waals surface area contributed by atoms with Gasteiger partial charge in [-0.15, -0.1) is 0 Å². The molecular formula is HCl3OTi. The first kappa shape index (κ1) is 31.1. The zero-order chi connectivity index (χ0) is 2.00. The standard InChI is InChI=1S/3ClH.H2O.Ti/h3*1H;1H2;/q;;;;+4/p-4. The molecule has 0 aromatic carbocycles. The molecule has 1 nitrogen and oxygen atoms in total. The van der Waals surface area contributed by atoms with Crippen molar-refractivity contribution in [2.24, 2.45) is 0 Å². The predicted octanol–water partition coefficient (Wildman–Crippen LogP) is -9.55. The molecule has 0 unspecified atom stereocenters. The molecule has 0 bridgehead atoms. The molecule has 0 saturated carbocycles. The Morgan fingerprint density at radius 3 is 0.800 bits per heavy atom. The van der Waals surface area contributed by atoms with Crippen LogP contribution in [0.1, 0.15) is 0 Å². The van der Waals surface area contributed by atoms with Crippen molar-refractivity contribution < 1.29 is 61.7 Å². The van der Waals surface area contributed by atoms with E-state index >= 15 is 0 Å². The van der Waals surface area contributed by atoms with Gasteiger partial charge in [0.1, 0.15) is 0 Å². The normalized spacial score (nSPS) is 1.40. The molecule has 0 aromatic heterocycles. The average Bonchev–Trinajstić information content (AvgIpc) is 1.00. The third-order valence-electron chi connectivity index (χ3n) is 0. The molecule has 0 radical (unpaired) electrons. The molecule has 0 rings (SSSR count). The Balaban J connectivity index is -0.00000000167. The summed E-state index contributed by atoms with van der Waals surface area (Å²) in [6.07, 6.45) is 0. The van der Waals surface area contributed by atoms with E-state index in [0.717, 1.165) is 20.8 Å². The Kier molecular flexibility index (Phi) is 298.